The normalized spacial score (nSPS) is 10.9. The molecular formula is C31H42O6S2. The SMILES string of the molecule is CCCc1c(SCCCSc2ccc(C(C)=O)c(OCCCC(=O)OCC)c2CCC)ccc(C(C)=O)c1O. The molecule has 8 heteroatoms. The molecule has 0 bridgehead atoms. The van der Waals surface area contributed by atoms with Crippen molar-refractivity contribution in [1.29, 1.82) is 0 Å². The van der Waals surface area contributed by atoms with Crippen LogP contribution in [0.25, 0.3) is 0 Å². The van der Waals surface area contributed by atoms with Crippen LogP contribution < -0.4 is 4.74 Å². The van der Waals surface area contributed by atoms with Crippen molar-refractivity contribution in [2.75, 3.05) is 24.7 Å². The highest BCUT2D eigenvalue weighted by molar-refractivity contribution is 8.00. The van der Waals surface area contributed by atoms with E-state index in [9.17, 15) is 19.5 Å². The number of carbonyl (C=O) groups excluding carboxylic acids is 3. The van der Waals surface area contributed by atoms with Gasteiger partial charge in [0.25, 0.3) is 0 Å². The Morgan fingerprint density at radius 3 is 1.92 bits per heavy atom. The number of ketones is 2. The number of Topliss-reactive ketones (excluding diaryl/α,β-unsaturated/α-hetero) is 2. The van der Waals surface area contributed by atoms with Crippen LogP contribution in [0.2, 0.25) is 0 Å². The van der Waals surface area contributed by atoms with E-state index in [0.717, 1.165) is 64.5 Å². The van der Waals surface area contributed by atoms with Gasteiger partial charge >= 0.3 is 5.97 Å². The lowest BCUT2D eigenvalue weighted by molar-refractivity contribution is -0.143. The molecule has 2 rings (SSSR count). The molecule has 0 aromatic heterocycles. The Kier molecular flexibility index (Phi) is 14.5. The highest BCUT2D eigenvalue weighted by Gasteiger charge is 2.18. The number of carbonyl (C=O) groups is 3. The first-order valence-electron chi connectivity index (χ1n) is 13.8. The van der Waals surface area contributed by atoms with E-state index in [1.54, 1.807) is 43.4 Å². The van der Waals surface area contributed by atoms with Gasteiger partial charge in [-0.2, -0.15) is 0 Å². The molecule has 2 aromatic rings. The molecule has 6 nitrogen and oxygen atoms in total. The Balaban J connectivity index is 2.07. The van der Waals surface area contributed by atoms with Crippen molar-refractivity contribution >= 4 is 41.1 Å². The molecule has 2 aromatic carbocycles. The Bertz CT molecular complexity index is 1130. The molecule has 0 radical (unpaired) electrons. The summed E-state index contributed by atoms with van der Waals surface area (Å²) in [5.74, 6) is 2.13. The van der Waals surface area contributed by atoms with Crippen molar-refractivity contribution in [3.63, 3.8) is 0 Å². The molecule has 0 saturated carbocycles. The monoisotopic (exact) mass is 574 g/mol. The molecule has 0 heterocycles. The highest BCUT2D eigenvalue weighted by Crippen LogP contribution is 2.37. The largest absolute Gasteiger partial charge is 0.507 e. The van der Waals surface area contributed by atoms with Crippen LogP contribution >= 0.6 is 23.5 Å². The van der Waals surface area contributed by atoms with Gasteiger partial charge < -0.3 is 14.6 Å². The van der Waals surface area contributed by atoms with Crippen molar-refractivity contribution in [2.24, 2.45) is 0 Å². The lowest BCUT2D eigenvalue weighted by Crippen LogP contribution is -2.10. The van der Waals surface area contributed by atoms with Gasteiger partial charge in [0.2, 0.25) is 0 Å². The van der Waals surface area contributed by atoms with Crippen molar-refractivity contribution in [3.8, 4) is 11.5 Å². The topological polar surface area (TPSA) is 89.9 Å². The van der Waals surface area contributed by atoms with E-state index in [4.69, 9.17) is 9.47 Å². The molecule has 0 saturated heterocycles. The first-order chi connectivity index (χ1) is 18.7. The summed E-state index contributed by atoms with van der Waals surface area (Å²) in [6.07, 6.45) is 5.11. The average molecular weight is 575 g/mol. The lowest BCUT2D eigenvalue weighted by Gasteiger charge is -2.18. The second-order valence-corrected chi connectivity index (χ2v) is 11.6. The predicted octanol–water partition coefficient (Wildman–Crippen LogP) is 7.70. The molecular weight excluding hydrogens is 532 g/mol. The molecule has 0 aliphatic heterocycles. The summed E-state index contributed by atoms with van der Waals surface area (Å²) in [7, 11) is 0. The smallest absolute Gasteiger partial charge is 0.305 e. The maximum atomic E-state index is 12.4. The van der Waals surface area contributed by atoms with E-state index in [0.29, 0.717) is 36.5 Å². The first-order valence-corrected chi connectivity index (χ1v) is 15.8. The van der Waals surface area contributed by atoms with Gasteiger partial charge in [-0.05, 0) is 82.2 Å². The van der Waals surface area contributed by atoms with Crippen LogP contribution in [0.4, 0.5) is 0 Å². The number of phenols is 1. The Morgan fingerprint density at radius 2 is 1.36 bits per heavy atom. The predicted molar refractivity (Wildman–Crippen MR) is 160 cm³/mol. The van der Waals surface area contributed by atoms with Crippen molar-refractivity contribution in [2.45, 2.75) is 89.4 Å². The fourth-order valence-corrected chi connectivity index (χ4v) is 6.52. The summed E-state index contributed by atoms with van der Waals surface area (Å²) in [4.78, 5) is 38.0. The fraction of sp³-hybridized carbons (Fsp3) is 0.516. The second-order valence-electron chi connectivity index (χ2n) is 9.28. The Labute approximate surface area is 241 Å². The van der Waals surface area contributed by atoms with E-state index >= 15 is 0 Å². The number of benzene rings is 2. The number of hydrogen-bond acceptors (Lipinski definition) is 8. The molecule has 0 atom stereocenters. The third-order valence-corrected chi connectivity index (χ3v) is 8.47. The molecule has 0 amide bonds. The van der Waals surface area contributed by atoms with Crippen LogP contribution in [0.15, 0.2) is 34.1 Å². The quantitative estimate of drug-likeness (QED) is 0.0838. The zero-order chi connectivity index (χ0) is 28.8. The highest BCUT2D eigenvalue weighted by atomic mass is 32.2. The third kappa shape index (κ3) is 9.91. The van der Waals surface area contributed by atoms with E-state index in [-0.39, 0.29) is 29.7 Å². The lowest BCUT2D eigenvalue weighted by atomic mass is 10.0. The summed E-state index contributed by atoms with van der Waals surface area (Å²) < 4.78 is 11.1. The van der Waals surface area contributed by atoms with Gasteiger partial charge in [0.15, 0.2) is 11.6 Å². The molecule has 39 heavy (non-hydrogen) atoms. The zero-order valence-electron chi connectivity index (χ0n) is 23.9. The summed E-state index contributed by atoms with van der Waals surface area (Å²) in [6, 6.07) is 7.53. The van der Waals surface area contributed by atoms with Crippen molar-refractivity contribution < 1.29 is 29.0 Å². The van der Waals surface area contributed by atoms with Gasteiger partial charge in [-0.1, -0.05) is 26.7 Å². The van der Waals surface area contributed by atoms with Gasteiger partial charge in [-0.15, -0.1) is 23.5 Å². The number of thioether (sulfide) groups is 2. The van der Waals surface area contributed by atoms with E-state index < -0.39 is 0 Å². The van der Waals surface area contributed by atoms with Crippen LogP contribution in [0.5, 0.6) is 11.5 Å². The Morgan fingerprint density at radius 1 is 0.795 bits per heavy atom. The maximum Gasteiger partial charge on any atom is 0.305 e. The summed E-state index contributed by atoms with van der Waals surface area (Å²) in [5, 5.41) is 10.6. The molecule has 0 spiro atoms. The number of phenolic OH excluding ortho intramolecular Hbond substituents is 1. The van der Waals surface area contributed by atoms with Crippen LogP contribution in [-0.4, -0.2) is 47.4 Å². The number of ether oxygens (including phenoxy) is 2. The van der Waals surface area contributed by atoms with Gasteiger partial charge in [0.1, 0.15) is 11.5 Å². The average Bonchev–Trinajstić information content (AvgIpc) is 2.89. The molecule has 0 aliphatic carbocycles. The summed E-state index contributed by atoms with van der Waals surface area (Å²) >= 11 is 3.47. The standard InChI is InChI=1S/C31H42O6S2/c1-6-11-25-27(16-14-23(21(4)32)30(25)35)38-19-10-20-39-28-17-15-24(22(5)33)31(26(28)12-7-2)37-18-9-13-29(34)36-8-3/h14-17,35H,6-13,18-20H2,1-5H3. The van der Waals surface area contributed by atoms with Crippen molar-refractivity contribution in [1.82, 2.24) is 0 Å². The number of aromatic hydroxyl groups is 1. The Hall–Kier alpha value is -2.45. The molecule has 214 valence electrons. The minimum absolute atomic E-state index is 0.0392. The number of hydrogen-bond donors (Lipinski definition) is 1. The van der Waals surface area contributed by atoms with Crippen LogP contribution in [0.1, 0.15) is 98.6 Å². The number of rotatable bonds is 18. The molecule has 1 N–H and O–H groups in total. The zero-order valence-corrected chi connectivity index (χ0v) is 25.5. The molecule has 0 aliphatic rings. The van der Waals surface area contributed by atoms with Crippen LogP contribution in [0, 0.1) is 0 Å². The van der Waals surface area contributed by atoms with Crippen molar-refractivity contribution in [3.05, 3.63) is 46.5 Å². The molecule has 0 fully saturated rings. The summed E-state index contributed by atoms with van der Waals surface area (Å²) in [5.41, 5.74) is 2.87. The van der Waals surface area contributed by atoms with Gasteiger partial charge in [0.05, 0.1) is 24.3 Å². The minimum Gasteiger partial charge on any atom is -0.507 e. The minimum atomic E-state index is -0.240. The van der Waals surface area contributed by atoms with E-state index in [1.165, 1.54) is 6.92 Å². The van der Waals surface area contributed by atoms with E-state index in [1.807, 2.05) is 18.2 Å². The van der Waals surface area contributed by atoms with Crippen LogP contribution in [0.3, 0.4) is 0 Å². The maximum absolute atomic E-state index is 12.4. The van der Waals surface area contributed by atoms with Crippen LogP contribution in [-0.2, 0) is 22.4 Å². The number of esters is 1. The van der Waals surface area contributed by atoms with Gasteiger partial charge in [0, 0.05) is 27.3 Å². The third-order valence-electron chi connectivity index (χ3n) is 6.10. The van der Waals surface area contributed by atoms with E-state index in [2.05, 4.69) is 13.8 Å². The molecule has 0 unspecified atom stereocenters. The fourth-order valence-electron chi connectivity index (χ4n) is 4.25. The first kappa shape index (κ1) is 32.8. The summed E-state index contributed by atoms with van der Waals surface area (Å²) in [6.45, 7) is 9.69. The second kappa shape index (κ2) is 17.3. The van der Waals surface area contributed by atoms with Gasteiger partial charge in [-0.25, -0.2) is 0 Å². The van der Waals surface area contributed by atoms with Gasteiger partial charge in [-0.3, -0.25) is 14.4 Å².